The molecule has 3 aromatic rings. The molecule has 0 aliphatic carbocycles. The Morgan fingerprint density at radius 1 is 1.21 bits per heavy atom. The fourth-order valence-electron chi connectivity index (χ4n) is 3.22. The number of pyridine rings is 1. The van der Waals surface area contributed by atoms with E-state index in [1.54, 1.807) is 24.5 Å². The van der Waals surface area contributed by atoms with E-state index in [9.17, 15) is 9.59 Å². The van der Waals surface area contributed by atoms with Gasteiger partial charge in [-0.3, -0.25) is 9.59 Å². The average molecular weight is 381 g/mol. The van der Waals surface area contributed by atoms with Gasteiger partial charge in [-0.25, -0.2) is 4.68 Å². The number of carbonyl (C=O) groups is 2. The van der Waals surface area contributed by atoms with Crippen LogP contribution in [0, 0.1) is 0 Å². The predicted octanol–water partition coefficient (Wildman–Crippen LogP) is 4.30. The van der Waals surface area contributed by atoms with Crippen LogP contribution < -0.4 is 5.32 Å². The van der Waals surface area contributed by atoms with Crippen molar-refractivity contribution in [3.63, 3.8) is 0 Å². The second-order valence-corrected chi connectivity index (χ2v) is 7.49. The number of Topliss-reactive ketones (excluding diaryl/α,β-unsaturated/α-hetero) is 1. The van der Waals surface area contributed by atoms with Crippen LogP contribution in [0.5, 0.6) is 0 Å². The Kier molecular flexibility index (Phi) is 5.63. The van der Waals surface area contributed by atoms with Gasteiger partial charge in [0.05, 0.1) is 11.7 Å². The number of unbranched alkanes of at least 4 members (excludes halogenated alkanes) is 1. The lowest BCUT2D eigenvalue weighted by atomic mass is 9.92. The SMILES string of the molecule is CCCCC(C)(CC)n1cc(C(=O)Nc2ccn3cc(C(C)=O)cc3c2)nn1. The van der Waals surface area contributed by atoms with E-state index < -0.39 is 0 Å². The van der Waals surface area contributed by atoms with Gasteiger partial charge in [-0.1, -0.05) is 31.9 Å². The number of anilines is 1. The Bertz CT molecular complexity index is 1000. The van der Waals surface area contributed by atoms with Crippen LogP contribution in [-0.4, -0.2) is 31.1 Å². The molecule has 28 heavy (non-hydrogen) atoms. The first-order chi connectivity index (χ1) is 13.4. The molecule has 0 saturated carbocycles. The smallest absolute Gasteiger partial charge is 0.277 e. The molecule has 1 unspecified atom stereocenters. The lowest BCUT2D eigenvalue weighted by Crippen LogP contribution is -2.30. The number of aromatic nitrogens is 4. The van der Waals surface area contributed by atoms with Crippen LogP contribution in [0.25, 0.3) is 5.52 Å². The highest BCUT2D eigenvalue weighted by atomic mass is 16.2. The average Bonchev–Trinajstić information content (AvgIpc) is 3.33. The maximum Gasteiger partial charge on any atom is 0.277 e. The lowest BCUT2D eigenvalue weighted by molar-refractivity contribution is 0.101. The summed E-state index contributed by atoms with van der Waals surface area (Å²) in [6.45, 7) is 7.97. The topological polar surface area (TPSA) is 81.3 Å². The number of amides is 1. The van der Waals surface area contributed by atoms with Crippen LogP contribution in [0.4, 0.5) is 5.69 Å². The molecule has 3 heterocycles. The van der Waals surface area contributed by atoms with Gasteiger partial charge in [-0.05, 0) is 44.9 Å². The highest BCUT2D eigenvalue weighted by Gasteiger charge is 2.26. The predicted molar refractivity (Wildman–Crippen MR) is 109 cm³/mol. The third-order valence-electron chi connectivity index (χ3n) is 5.37. The Balaban J connectivity index is 1.77. The van der Waals surface area contributed by atoms with Gasteiger partial charge in [0, 0.05) is 29.2 Å². The Labute approximate surface area is 164 Å². The van der Waals surface area contributed by atoms with Crippen molar-refractivity contribution >= 4 is 22.9 Å². The molecular formula is C21H27N5O2. The molecule has 1 N–H and O–H groups in total. The molecular weight excluding hydrogens is 354 g/mol. The molecule has 0 radical (unpaired) electrons. The number of nitrogens with zero attached hydrogens (tertiary/aromatic N) is 4. The summed E-state index contributed by atoms with van der Waals surface area (Å²) >= 11 is 0. The normalized spacial score (nSPS) is 13.4. The minimum atomic E-state index is -0.303. The van der Waals surface area contributed by atoms with E-state index in [0.29, 0.717) is 11.3 Å². The lowest BCUT2D eigenvalue weighted by Gasteiger charge is -2.28. The molecule has 0 saturated heterocycles. The summed E-state index contributed by atoms with van der Waals surface area (Å²) in [5.74, 6) is -0.296. The third kappa shape index (κ3) is 3.98. The van der Waals surface area contributed by atoms with Crippen LogP contribution in [0.1, 0.15) is 74.2 Å². The standard InChI is InChI=1S/C21H27N5O2/c1-5-7-9-21(4,6-2)26-14-19(23-24-26)20(28)22-17-8-10-25-13-16(15(3)27)11-18(25)12-17/h8,10-14H,5-7,9H2,1-4H3,(H,22,28). The molecule has 0 aromatic carbocycles. The maximum absolute atomic E-state index is 12.6. The molecule has 0 spiro atoms. The Morgan fingerprint density at radius 3 is 2.68 bits per heavy atom. The zero-order valence-electron chi connectivity index (χ0n) is 16.9. The number of hydrogen-bond acceptors (Lipinski definition) is 4. The number of nitrogens with one attached hydrogen (secondary N) is 1. The van der Waals surface area contributed by atoms with E-state index in [-0.39, 0.29) is 22.9 Å². The molecule has 0 fully saturated rings. The van der Waals surface area contributed by atoms with Gasteiger partial charge in [-0.15, -0.1) is 5.10 Å². The van der Waals surface area contributed by atoms with Gasteiger partial charge in [0.2, 0.25) is 0 Å². The molecule has 0 aliphatic rings. The van der Waals surface area contributed by atoms with Gasteiger partial charge in [0.15, 0.2) is 11.5 Å². The maximum atomic E-state index is 12.6. The molecule has 7 heteroatoms. The van der Waals surface area contributed by atoms with Crippen LogP contribution in [-0.2, 0) is 5.54 Å². The van der Waals surface area contributed by atoms with Crippen LogP contribution in [0.3, 0.4) is 0 Å². The van der Waals surface area contributed by atoms with E-state index in [4.69, 9.17) is 0 Å². The minimum absolute atomic E-state index is 0.00736. The van der Waals surface area contributed by atoms with Crippen molar-refractivity contribution in [1.29, 1.82) is 0 Å². The summed E-state index contributed by atoms with van der Waals surface area (Å²) in [5.41, 5.74) is 2.26. The van der Waals surface area contributed by atoms with Crippen molar-refractivity contribution in [3.8, 4) is 0 Å². The van der Waals surface area contributed by atoms with Gasteiger partial charge in [0.1, 0.15) is 0 Å². The first-order valence-electron chi connectivity index (χ1n) is 9.73. The number of fused-ring (bicyclic) bond motifs is 1. The summed E-state index contributed by atoms with van der Waals surface area (Å²) in [4.78, 5) is 24.2. The van der Waals surface area contributed by atoms with E-state index in [1.807, 2.05) is 21.3 Å². The van der Waals surface area contributed by atoms with Gasteiger partial charge in [0.25, 0.3) is 5.91 Å². The molecule has 3 aromatic heterocycles. The quantitative estimate of drug-likeness (QED) is 0.590. The van der Waals surface area contributed by atoms with Crippen LogP contribution in [0.2, 0.25) is 0 Å². The fourth-order valence-corrected chi connectivity index (χ4v) is 3.22. The van der Waals surface area contributed by atoms with Crippen molar-refractivity contribution in [1.82, 2.24) is 19.4 Å². The van der Waals surface area contributed by atoms with Crippen molar-refractivity contribution in [2.45, 2.75) is 58.9 Å². The van der Waals surface area contributed by atoms with Crippen molar-refractivity contribution in [2.75, 3.05) is 5.32 Å². The number of ketones is 1. The zero-order valence-corrected chi connectivity index (χ0v) is 16.9. The molecule has 0 aliphatic heterocycles. The molecule has 148 valence electrons. The van der Waals surface area contributed by atoms with Gasteiger partial charge in [-0.2, -0.15) is 0 Å². The van der Waals surface area contributed by atoms with Crippen molar-refractivity contribution < 1.29 is 9.59 Å². The zero-order chi connectivity index (χ0) is 20.3. The summed E-state index contributed by atoms with van der Waals surface area (Å²) in [7, 11) is 0. The second-order valence-electron chi connectivity index (χ2n) is 7.49. The Morgan fingerprint density at radius 2 is 2.00 bits per heavy atom. The fraction of sp³-hybridized carbons (Fsp3) is 0.429. The van der Waals surface area contributed by atoms with E-state index in [0.717, 1.165) is 31.2 Å². The van der Waals surface area contributed by atoms with E-state index in [1.165, 1.54) is 6.92 Å². The highest BCUT2D eigenvalue weighted by molar-refractivity contribution is 6.03. The largest absolute Gasteiger partial charge is 0.323 e. The molecule has 3 rings (SSSR count). The molecule has 7 nitrogen and oxygen atoms in total. The van der Waals surface area contributed by atoms with Crippen molar-refractivity contribution in [2.24, 2.45) is 0 Å². The van der Waals surface area contributed by atoms with Crippen molar-refractivity contribution in [3.05, 3.63) is 48.0 Å². The first-order valence-corrected chi connectivity index (χ1v) is 9.73. The molecule has 1 atom stereocenters. The van der Waals surface area contributed by atoms with Gasteiger partial charge < -0.3 is 9.72 Å². The number of carbonyl (C=O) groups excluding carboxylic acids is 2. The van der Waals surface area contributed by atoms with Crippen LogP contribution >= 0.6 is 0 Å². The summed E-state index contributed by atoms with van der Waals surface area (Å²) in [6.07, 6.45) is 9.44. The monoisotopic (exact) mass is 381 g/mol. The summed E-state index contributed by atoms with van der Waals surface area (Å²) in [6, 6.07) is 5.41. The number of rotatable bonds is 8. The highest BCUT2D eigenvalue weighted by Crippen LogP contribution is 2.26. The van der Waals surface area contributed by atoms with Gasteiger partial charge >= 0.3 is 0 Å². The first kappa shape index (κ1) is 19.8. The number of hydrogen-bond donors (Lipinski definition) is 1. The van der Waals surface area contributed by atoms with E-state index in [2.05, 4.69) is 36.4 Å². The molecule has 0 bridgehead atoms. The third-order valence-corrected chi connectivity index (χ3v) is 5.37. The minimum Gasteiger partial charge on any atom is -0.323 e. The second kappa shape index (κ2) is 7.96. The summed E-state index contributed by atoms with van der Waals surface area (Å²) in [5, 5.41) is 11.1. The molecule has 1 amide bonds. The van der Waals surface area contributed by atoms with Crippen LogP contribution in [0.15, 0.2) is 36.8 Å². The summed E-state index contributed by atoms with van der Waals surface area (Å²) < 4.78 is 3.66. The Hall–Kier alpha value is -2.96. The van der Waals surface area contributed by atoms with E-state index >= 15 is 0 Å².